The van der Waals surface area contributed by atoms with Gasteiger partial charge < -0.3 is 19.9 Å². The normalized spacial score (nSPS) is 15.0. The molecule has 0 saturated carbocycles. The molecule has 0 saturated heterocycles. The number of benzene rings is 2. The lowest BCUT2D eigenvalue weighted by Gasteiger charge is -2.19. The zero-order valence-electron chi connectivity index (χ0n) is 13.4. The Labute approximate surface area is 137 Å². The van der Waals surface area contributed by atoms with Gasteiger partial charge in [0.1, 0.15) is 5.75 Å². The van der Waals surface area contributed by atoms with Crippen LogP contribution in [0.3, 0.4) is 0 Å². The summed E-state index contributed by atoms with van der Waals surface area (Å²) in [6.45, 7) is 4.22. The van der Waals surface area contributed by atoms with E-state index in [1.54, 1.807) is 6.07 Å². The molecular formula is C19H23NO3. The number of para-hydroxylation sites is 1. The van der Waals surface area contributed by atoms with Crippen LogP contribution in [0.15, 0.2) is 42.5 Å². The minimum Gasteiger partial charge on any atom is -0.508 e. The van der Waals surface area contributed by atoms with Crippen molar-refractivity contribution in [1.29, 1.82) is 0 Å². The maximum atomic E-state index is 10.0. The smallest absolute Gasteiger partial charge is 0.161 e. The minimum atomic E-state index is 0.118. The molecule has 0 radical (unpaired) electrons. The molecule has 0 spiro atoms. The first-order chi connectivity index (χ1) is 11.3. The van der Waals surface area contributed by atoms with Crippen molar-refractivity contribution >= 4 is 0 Å². The average molecular weight is 313 g/mol. The Morgan fingerprint density at radius 1 is 1.09 bits per heavy atom. The third kappa shape index (κ3) is 3.77. The van der Waals surface area contributed by atoms with E-state index in [-0.39, 0.29) is 6.04 Å². The molecule has 23 heavy (non-hydrogen) atoms. The Hall–Kier alpha value is -2.20. The molecule has 1 atom stereocenters. The monoisotopic (exact) mass is 313 g/mol. The average Bonchev–Trinajstić information content (AvgIpc) is 2.81. The van der Waals surface area contributed by atoms with Crippen molar-refractivity contribution in [3.05, 3.63) is 53.6 Å². The van der Waals surface area contributed by atoms with Crippen molar-refractivity contribution in [2.24, 2.45) is 0 Å². The van der Waals surface area contributed by atoms with Crippen LogP contribution in [-0.4, -0.2) is 18.3 Å². The van der Waals surface area contributed by atoms with Crippen molar-refractivity contribution < 1.29 is 14.6 Å². The lowest BCUT2D eigenvalue weighted by atomic mass is 10.0. The molecule has 0 fully saturated rings. The van der Waals surface area contributed by atoms with Gasteiger partial charge in [0, 0.05) is 24.6 Å². The van der Waals surface area contributed by atoms with E-state index < -0.39 is 0 Å². The standard InChI is InChI=1S/C19H23NO3/c1-2-16(15-6-3-4-7-17(15)21)20-13-14-8-9-18-19(12-14)23-11-5-10-22-18/h3-4,6-9,12,16,20-21H,2,5,10-11,13H2,1H3/t16-/m1/s1. The van der Waals surface area contributed by atoms with Crippen LogP contribution in [0.1, 0.15) is 36.9 Å². The fourth-order valence-corrected chi connectivity index (χ4v) is 2.82. The third-order valence-corrected chi connectivity index (χ3v) is 4.08. The molecule has 122 valence electrons. The van der Waals surface area contributed by atoms with E-state index in [0.29, 0.717) is 25.5 Å². The van der Waals surface area contributed by atoms with Gasteiger partial charge in [-0.25, -0.2) is 0 Å². The fourth-order valence-electron chi connectivity index (χ4n) is 2.82. The van der Waals surface area contributed by atoms with Crippen LogP contribution in [0.25, 0.3) is 0 Å². The van der Waals surface area contributed by atoms with Crippen LogP contribution in [0.5, 0.6) is 17.2 Å². The Morgan fingerprint density at radius 2 is 1.87 bits per heavy atom. The van der Waals surface area contributed by atoms with Gasteiger partial charge in [0.05, 0.1) is 13.2 Å². The zero-order valence-corrected chi connectivity index (χ0v) is 13.4. The summed E-state index contributed by atoms with van der Waals surface area (Å²) in [4.78, 5) is 0. The number of hydrogen-bond acceptors (Lipinski definition) is 4. The SMILES string of the molecule is CC[C@@H](NCc1ccc2c(c1)OCCCO2)c1ccccc1O. The summed E-state index contributed by atoms with van der Waals surface area (Å²) in [5, 5.41) is 13.5. The number of rotatable bonds is 5. The van der Waals surface area contributed by atoms with E-state index in [1.807, 2.05) is 30.3 Å². The maximum absolute atomic E-state index is 10.0. The topological polar surface area (TPSA) is 50.7 Å². The molecule has 2 aromatic rings. The van der Waals surface area contributed by atoms with Crippen LogP contribution in [0.2, 0.25) is 0 Å². The molecular weight excluding hydrogens is 290 g/mol. The summed E-state index contributed by atoms with van der Waals surface area (Å²) in [5.74, 6) is 1.97. The lowest BCUT2D eigenvalue weighted by Crippen LogP contribution is -2.20. The van der Waals surface area contributed by atoms with Crippen LogP contribution < -0.4 is 14.8 Å². The molecule has 0 unspecified atom stereocenters. The van der Waals surface area contributed by atoms with Crippen LogP contribution >= 0.6 is 0 Å². The van der Waals surface area contributed by atoms with Gasteiger partial charge in [-0.05, 0) is 30.2 Å². The van der Waals surface area contributed by atoms with Gasteiger partial charge in [0.15, 0.2) is 11.5 Å². The number of nitrogens with one attached hydrogen (secondary N) is 1. The van der Waals surface area contributed by atoms with E-state index in [4.69, 9.17) is 9.47 Å². The fraction of sp³-hybridized carbons (Fsp3) is 0.368. The molecule has 4 heteroatoms. The zero-order chi connectivity index (χ0) is 16.1. The van der Waals surface area contributed by atoms with E-state index in [2.05, 4.69) is 18.3 Å². The molecule has 2 N–H and O–H groups in total. The van der Waals surface area contributed by atoms with Crippen molar-refractivity contribution in [3.8, 4) is 17.2 Å². The van der Waals surface area contributed by atoms with Crippen LogP contribution in [0, 0.1) is 0 Å². The molecule has 1 aliphatic heterocycles. The first-order valence-corrected chi connectivity index (χ1v) is 8.17. The van der Waals surface area contributed by atoms with Crippen LogP contribution in [0.4, 0.5) is 0 Å². The number of fused-ring (bicyclic) bond motifs is 1. The largest absolute Gasteiger partial charge is 0.508 e. The molecule has 1 aliphatic rings. The Kier molecular flexibility index (Phi) is 5.03. The van der Waals surface area contributed by atoms with Crippen molar-refractivity contribution in [1.82, 2.24) is 5.32 Å². The number of phenols is 1. The van der Waals surface area contributed by atoms with Gasteiger partial charge in [-0.3, -0.25) is 0 Å². The Bertz CT molecular complexity index is 657. The number of hydrogen-bond donors (Lipinski definition) is 2. The number of ether oxygens (including phenoxy) is 2. The minimum absolute atomic E-state index is 0.118. The number of phenolic OH excluding ortho intramolecular Hbond substituents is 1. The quantitative estimate of drug-likeness (QED) is 0.881. The first kappa shape index (κ1) is 15.7. The highest BCUT2D eigenvalue weighted by Gasteiger charge is 2.14. The molecule has 0 aromatic heterocycles. The molecule has 0 amide bonds. The summed E-state index contributed by atoms with van der Waals surface area (Å²) in [5.41, 5.74) is 2.08. The molecule has 3 rings (SSSR count). The second-order valence-electron chi connectivity index (χ2n) is 5.73. The summed E-state index contributed by atoms with van der Waals surface area (Å²) in [6, 6.07) is 13.7. The van der Waals surface area contributed by atoms with Crippen molar-refractivity contribution in [3.63, 3.8) is 0 Å². The second-order valence-corrected chi connectivity index (χ2v) is 5.73. The first-order valence-electron chi connectivity index (χ1n) is 8.17. The predicted octanol–water partition coefficient (Wildman–Crippen LogP) is 3.79. The molecule has 1 heterocycles. The van der Waals surface area contributed by atoms with Crippen molar-refractivity contribution in [2.75, 3.05) is 13.2 Å². The predicted molar refractivity (Wildman–Crippen MR) is 90.0 cm³/mol. The summed E-state index contributed by atoms with van der Waals surface area (Å²) < 4.78 is 11.4. The van der Waals surface area contributed by atoms with Gasteiger partial charge in [-0.15, -0.1) is 0 Å². The highest BCUT2D eigenvalue weighted by atomic mass is 16.5. The molecule has 4 nitrogen and oxygen atoms in total. The van der Waals surface area contributed by atoms with E-state index in [9.17, 15) is 5.11 Å². The van der Waals surface area contributed by atoms with E-state index >= 15 is 0 Å². The highest BCUT2D eigenvalue weighted by Crippen LogP contribution is 2.31. The molecule has 0 aliphatic carbocycles. The van der Waals surface area contributed by atoms with Gasteiger partial charge in [-0.2, -0.15) is 0 Å². The molecule has 2 aromatic carbocycles. The molecule has 0 bridgehead atoms. The van der Waals surface area contributed by atoms with Gasteiger partial charge in [0.2, 0.25) is 0 Å². The Balaban J connectivity index is 1.70. The van der Waals surface area contributed by atoms with Crippen molar-refractivity contribution in [2.45, 2.75) is 32.4 Å². The number of aromatic hydroxyl groups is 1. The van der Waals surface area contributed by atoms with Gasteiger partial charge in [0.25, 0.3) is 0 Å². The third-order valence-electron chi connectivity index (χ3n) is 4.08. The summed E-state index contributed by atoms with van der Waals surface area (Å²) in [7, 11) is 0. The highest BCUT2D eigenvalue weighted by molar-refractivity contribution is 5.43. The van der Waals surface area contributed by atoms with Gasteiger partial charge in [-0.1, -0.05) is 31.2 Å². The summed E-state index contributed by atoms with van der Waals surface area (Å²) in [6.07, 6.45) is 1.82. The van der Waals surface area contributed by atoms with E-state index in [0.717, 1.165) is 35.5 Å². The van der Waals surface area contributed by atoms with E-state index in [1.165, 1.54) is 0 Å². The van der Waals surface area contributed by atoms with Crippen LogP contribution in [-0.2, 0) is 6.54 Å². The lowest BCUT2D eigenvalue weighted by molar-refractivity contribution is 0.297. The summed E-state index contributed by atoms with van der Waals surface area (Å²) >= 11 is 0. The Morgan fingerprint density at radius 3 is 2.65 bits per heavy atom. The maximum Gasteiger partial charge on any atom is 0.161 e. The second kappa shape index (κ2) is 7.38. The van der Waals surface area contributed by atoms with Gasteiger partial charge >= 0.3 is 0 Å².